The molecule has 0 saturated heterocycles. The third-order valence-corrected chi connectivity index (χ3v) is 5.61. The van der Waals surface area contributed by atoms with Crippen molar-refractivity contribution >= 4 is 33.2 Å². The third-order valence-electron chi connectivity index (χ3n) is 4.19. The van der Waals surface area contributed by atoms with Crippen LogP contribution >= 0.6 is 27.3 Å². The molecule has 1 amide bonds. The summed E-state index contributed by atoms with van der Waals surface area (Å²) in [5, 5.41) is 9.91. The highest BCUT2D eigenvalue weighted by Gasteiger charge is 2.45. The Bertz CT molecular complexity index is 895. The van der Waals surface area contributed by atoms with Gasteiger partial charge in [0.2, 0.25) is 0 Å². The van der Waals surface area contributed by atoms with Crippen molar-refractivity contribution in [2.45, 2.75) is 18.4 Å². The van der Waals surface area contributed by atoms with E-state index in [1.165, 1.54) is 11.3 Å². The van der Waals surface area contributed by atoms with Gasteiger partial charge in [0.25, 0.3) is 5.91 Å². The number of amides is 1. The fraction of sp³-hybridized carbons (Fsp3) is 0.235. The van der Waals surface area contributed by atoms with Crippen LogP contribution in [-0.2, 0) is 12.6 Å². The number of nitrogens with zero attached hydrogens (tertiary/aromatic N) is 3. The van der Waals surface area contributed by atoms with Crippen molar-refractivity contribution in [3.8, 4) is 10.6 Å². The van der Waals surface area contributed by atoms with E-state index < -0.39 is 0 Å². The Morgan fingerprint density at radius 3 is 2.71 bits per heavy atom. The molecule has 0 unspecified atom stereocenters. The zero-order chi connectivity index (χ0) is 16.7. The Morgan fingerprint density at radius 1 is 1.33 bits per heavy atom. The highest BCUT2D eigenvalue weighted by Crippen LogP contribution is 2.46. The minimum absolute atomic E-state index is 0.123. The van der Waals surface area contributed by atoms with E-state index in [0.717, 1.165) is 33.4 Å². The first-order valence-corrected chi connectivity index (χ1v) is 9.26. The molecule has 1 aromatic carbocycles. The summed E-state index contributed by atoms with van der Waals surface area (Å²) in [5.74, 6) is -0.123. The minimum atomic E-state index is -0.240. The molecule has 5 nitrogen and oxygen atoms in total. The predicted molar refractivity (Wildman–Crippen MR) is 96.8 cm³/mol. The SMILES string of the molecule is Cn1cc(-c2nc(C(=O)NC3(c4ccc(Br)cc4)CC3)cs2)cn1. The lowest BCUT2D eigenvalue weighted by atomic mass is 10.1. The first-order chi connectivity index (χ1) is 11.6. The van der Waals surface area contributed by atoms with Gasteiger partial charge >= 0.3 is 0 Å². The Morgan fingerprint density at radius 2 is 2.08 bits per heavy atom. The highest BCUT2D eigenvalue weighted by molar-refractivity contribution is 9.10. The molecule has 1 fully saturated rings. The molecule has 24 heavy (non-hydrogen) atoms. The second-order valence-electron chi connectivity index (χ2n) is 5.98. The van der Waals surface area contributed by atoms with Gasteiger partial charge in [0.15, 0.2) is 0 Å². The number of thiazole rings is 1. The third kappa shape index (κ3) is 2.89. The van der Waals surface area contributed by atoms with Crippen LogP contribution < -0.4 is 5.32 Å². The van der Waals surface area contributed by atoms with E-state index in [1.54, 1.807) is 16.3 Å². The Hall–Kier alpha value is -1.99. The Balaban J connectivity index is 1.52. The maximum absolute atomic E-state index is 12.6. The van der Waals surface area contributed by atoms with Crippen LogP contribution in [0.25, 0.3) is 10.6 Å². The summed E-state index contributed by atoms with van der Waals surface area (Å²) in [6.07, 6.45) is 5.56. The van der Waals surface area contributed by atoms with E-state index in [2.05, 4.69) is 43.5 Å². The number of benzene rings is 1. The predicted octanol–water partition coefficient (Wildman–Crippen LogP) is 3.73. The topological polar surface area (TPSA) is 59.8 Å². The molecule has 1 N–H and O–H groups in total. The number of aromatic nitrogens is 3. The van der Waals surface area contributed by atoms with Gasteiger partial charge < -0.3 is 5.32 Å². The first kappa shape index (κ1) is 15.5. The smallest absolute Gasteiger partial charge is 0.271 e. The maximum atomic E-state index is 12.6. The molecule has 3 aromatic rings. The van der Waals surface area contributed by atoms with Crippen molar-refractivity contribution in [1.29, 1.82) is 0 Å². The monoisotopic (exact) mass is 402 g/mol. The van der Waals surface area contributed by atoms with Crippen molar-refractivity contribution in [2.75, 3.05) is 0 Å². The van der Waals surface area contributed by atoms with E-state index in [1.807, 2.05) is 25.4 Å². The quantitative estimate of drug-likeness (QED) is 0.722. The fourth-order valence-corrected chi connectivity index (χ4v) is 3.74. The molecule has 1 saturated carbocycles. The van der Waals surface area contributed by atoms with E-state index in [4.69, 9.17) is 0 Å². The van der Waals surface area contributed by atoms with Gasteiger partial charge in [-0.15, -0.1) is 11.3 Å². The Kier molecular flexibility index (Phi) is 3.77. The minimum Gasteiger partial charge on any atom is -0.341 e. The van der Waals surface area contributed by atoms with Crippen LogP contribution in [0.5, 0.6) is 0 Å². The summed E-state index contributed by atoms with van der Waals surface area (Å²) in [6, 6.07) is 8.12. The van der Waals surface area contributed by atoms with Crippen LogP contribution in [-0.4, -0.2) is 20.7 Å². The molecule has 0 bridgehead atoms. The number of carbonyl (C=O) groups excluding carboxylic acids is 1. The molecule has 0 radical (unpaired) electrons. The molecule has 4 rings (SSSR count). The molecule has 1 aliphatic carbocycles. The standard InChI is InChI=1S/C17H15BrN4OS/c1-22-9-11(8-19-22)16-20-14(10-24-16)15(23)21-17(6-7-17)12-2-4-13(18)5-3-12/h2-5,8-10H,6-7H2,1H3,(H,21,23). The van der Waals surface area contributed by atoms with Crippen molar-refractivity contribution in [1.82, 2.24) is 20.1 Å². The van der Waals surface area contributed by atoms with Gasteiger partial charge in [-0.25, -0.2) is 4.98 Å². The number of hydrogen-bond acceptors (Lipinski definition) is 4. The summed E-state index contributed by atoms with van der Waals surface area (Å²) in [7, 11) is 1.86. The zero-order valence-corrected chi connectivity index (χ0v) is 15.4. The lowest BCUT2D eigenvalue weighted by Crippen LogP contribution is -2.35. The van der Waals surface area contributed by atoms with Gasteiger partial charge in [-0.2, -0.15) is 5.10 Å². The van der Waals surface area contributed by atoms with E-state index in [0.29, 0.717) is 5.69 Å². The normalized spacial score (nSPS) is 15.2. The number of halogens is 1. The molecule has 0 aliphatic heterocycles. The van der Waals surface area contributed by atoms with E-state index in [-0.39, 0.29) is 11.4 Å². The van der Waals surface area contributed by atoms with Gasteiger partial charge in [0.1, 0.15) is 10.7 Å². The van der Waals surface area contributed by atoms with Crippen LogP contribution in [0.2, 0.25) is 0 Å². The summed E-state index contributed by atoms with van der Waals surface area (Å²) < 4.78 is 2.76. The molecule has 0 spiro atoms. The number of hydrogen-bond donors (Lipinski definition) is 1. The summed E-state index contributed by atoms with van der Waals surface area (Å²) in [5.41, 5.74) is 2.29. The van der Waals surface area contributed by atoms with E-state index in [9.17, 15) is 4.79 Å². The van der Waals surface area contributed by atoms with Crippen LogP contribution in [0.3, 0.4) is 0 Å². The molecule has 0 atom stereocenters. The number of aryl methyl sites for hydroxylation is 1. The van der Waals surface area contributed by atoms with Crippen molar-refractivity contribution in [3.05, 3.63) is 57.8 Å². The van der Waals surface area contributed by atoms with Crippen LogP contribution in [0, 0.1) is 0 Å². The number of nitrogens with one attached hydrogen (secondary N) is 1. The molecule has 2 aromatic heterocycles. The lowest BCUT2D eigenvalue weighted by Gasteiger charge is -2.17. The second-order valence-corrected chi connectivity index (χ2v) is 7.76. The van der Waals surface area contributed by atoms with Gasteiger partial charge in [0.05, 0.1) is 11.7 Å². The molecular formula is C17H15BrN4OS. The van der Waals surface area contributed by atoms with Gasteiger partial charge in [-0.3, -0.25) is 9.48 Å². The molecule has 1 aliphatic rings. The average Bonchev–Trinajstić information content (AvgIpc) is 2.99. The number of carbonyl (C=O) groups is 1. The number of rotatable bonds is 4. The van der Waals surface area contributed by atoms with Crippen molar-refractivity contribution in [3.63, 3.8) is 0 Å². The average molecular weight is 403 g/mol. The van der Waals surface area contributed by atoms with Crippen LogP contribution in [0.4, 0.5) is 0 Å². The largest absolute Gasteiger partial charge is 0.341 e. The molecule has 2 heterocycles. The fourth-order valence-electron chi connectivity index (χ4n) is 2.70. The van der Waals surface area contributed by atoms with Crippen LogP contribution in [0.1, 0.15) is 28.9 Å². The summed E-state index contributed by atoms with van der Waals surface area (Å²) in [4.78, 5) is 17.1. The first-order valence-electron chi connectivity index (χ1n) is 7.59. The van der Waals surface area contributed by atoms with Crippen LogP contribution in [0.15, 0.2) is 46.5 Å². The van der Waals surface area contributed by atoms with E-state index >= 15 is 0 Å². The summed E-state index contributed by atoms with van der Waals surface area (Å²) in [6.45, 7) is 0. The Labute approximate surface area is 151 Å². The molecule has 122 valence electrons. The van der Waals surface area contributed by atoms with Gasteiger partial charge in [-0.05, 0) is 30.5 Å². The summed E-state index contributed by atoms with van der Waals surface area (Å²) >= 11 is 4.90. The van der Waals surface area contributed by atoms with Gasteiger partial charge in [-0.1, -0.05) is 28.1 Å². The molecule has 7 heteroatoms. The highest BCUT2D eigenvalue weighted by atomic mass is 79.9. The van der Waals surface area contributed by atoms with Crippen molar-refractivity contribution < 1.29 is 4.79 Å². The van der Waals surface area contributed by atoms with Gasteiger partial charge in [0, 0.05) is 28.7 Å². The maximum Gasteiger partial charge on any atom is 0.271 e. The molecular weight excluding hydrogens is 388 g/mol. The lowest BCUT2D eigenvalue weighted by molar-refractivity contribution is 0.0926. The second kappa shape index (κ2) is 5.82. The van der Waals surface area contributed by atoms with Crippen molar-refractivity contribution in [2.24, 2.45) is 7.05 Å². The zero-order valence-electron chi connectivity index (χ0n) is 13.0.